The summed E-state index contributed by atoms with van der Waals surface area (Å²) in [7, 11) is 1.82. The molecule has 2 N–H and O–H groups in total. The molecule has 4 rings (SSSR count). The van der Waals surface area contributed by atoms with Gasteiger partial charge in [0.05, 0.1) is 11.3 Å². The number of anilines is 2. The zero-order chi connectivity index (χ0) is 24.3. The number of urea groups is 1. The molecular formula is C21H20F3N7O3. The third-order valence-electron chi connectivity index (χ3n) is 4.95. The Morgan fingerprint density at radius 2 is 2.09 bits per heavy atom. The van der Waals surface area contributed by atoms with E-state index in [1.165, 1.54) is 16.9 Å². The molecule has 34 heavy (non-hydrogen) atoms. The van der Waals surface area contributed by atoms with Gasteiger partial charge in [-0.2, -0.15) is 13.2 Å². The molecule has 178 valence electrons. The number of pyridine rings is 1. The lowest BCUT2D eigenvalue weighted by Gasteiger charge is -2.39. The van der Waals surface area contributed by atoms with E-state index >= 15 is 0 Å². The number of hydrogen-bond donors (Lipinski definition) is 2. The number of halogens is 3. The van der Waals surface area contributed by atoms with Crippen LogP contribution in [0.4, 0.5) is 35.2 Å². The van der Waals surface area contributed by atoms with Crippen molar-refractivity contribution in [2.45, 2.75) is 12.7 Å². The molecule has 1 aliphatic heterocycles. The van der Waals surface area contributed by atoms with Crippen LogP contribution < -0.4 is 20.4 Å². The van der Waals surface area contributed by atoms with Crippen LogP contribution in [0.2, 0.25) is 0 Å². The Labute approximate surface area is 191 Å². The zero-order valence-corrected chi connectivity index (χ0v) is 17.9. The second-order valence-electron chi connectivity index (χ2n) is 7.80. The van der Waals surface area contributed by atoms with E-state index in [0.717, 1.165) is 12.1 Å². The lowest BCUT2D eigenvalue weighted by molar-refractivity contribution is -0.755. The number of likely N-dealkylation sites (tertiary alicyclic amines) is 1. The molecule has 1 aromatic carbocycles. The van der Waals surface area contributed by atoms with Gasteiger partial charge in [0.15, 0.2) is 0 Å². The molecule has 1 aliphatic rings. The average molecular weight is 475 g/mol. The predicted octanol–water partition coefficient (Wildman–Crippen LogP) is 2.02. The van der Waals surface area contributed by atoms with Crippen molar-refractivity contribution in [2.75, 3.05) is 30.8 Å². The summed E-state index contributed by atoms with van der Waals surface area (Å²) in [6, 6.07) is 7.20. The summed E-state index contributed by atoms with van der Waals surface area (Å²) in [4.78, 5) is 22.2. The summed E-state index contributed by atoms with van der Waals surface area (Å²) in [6.45, 7) is 1.27. The van der Waals surface area contributed by atoms with Crippen molar-refractivity contribution in [3.63, 3.8) is 0 Å². The number of aliphatic imine (C=N–C) groups is 1. The highest BCUT2D eigenvalue weighted by Gasteiger charge is 2.31. The smallest absolute Gasteiger partial charge is 0.416 e. The Kier molecular flexibility index (Phi) is 6.45. The lowest BCUT2D eigenvalue weighted by atomic mass is 10.0. The number of benzene rings is 1. The summed E-state index contributed by atoms with van der Waals surface area (Å²) in [5.74, 6) is -0.898. The van der Waals surface area contributed by atoms with E-state index in [-0.39, 0.29) is 29.7 Å². The molecule has 0 spiro atoms. The minimum Gasteiger partial charge on any atom is -0.861 e. The molecule has 10 nitrogen and oxygen atoms in total. The first-order valence-electron chi connectivity index (χ1n) is 10.2. The molecular weight excluding hydrogens is 455 g/mol. The number of carbonyl (C=O) groups excluding carboxylic acids is 1. The van der Waals surface area contributed by atoms with Crippen LogP contribution in [0.1, 0.15) is 11.3 Å². The summed E-state index contributed by atoms with van der Waals surface area (Å²) in [5.41, 5.74) is -0.724. The molecule has 0 saturated carbocycles. The van der Waals surface area contributed by atoms with Crippen LogP contribution >= 0.6 is 0 Å². The van der Waals surface area contributed by atoms with Crippen molar-refractivity contribution in [1.82, 2.24) is 15.2 Å². The maximum Gasteiger partial charge on any atom is 0.416 e. The first-order valence-corrected chi connectivity index (χ1v) is 10.2. The van der Waals surface area contributed by atoms with E-state index in [0.29, 0.717) is 18.8 Å². The van der Waals surface area contributed by atoms with Crippen LogP contribution in [0, 0.1) is 5.92 Å². The van der Waals surface area contributed by atoms with Gasteiger partial charge < -0.3 is 15.3 Å². The quantitative estimate of drug-likeness (QED) is 0.320. The Morgan fingerprint density at radius 3 is 2.76 bits per heavy atom. The molecule has 0 aliphatic carbocycles. The molecule has 0 radical (unpaired) electrons. The maximum atomic E-state index is 13.3. The highest BCUT2D eigenvalue weighted by atomic mass is 19.4. The number of nitrogens with one attached hydrogen (secondary N) is 2. The molecule has 1 saturated heterocycles. The number of carbonyl (C=O) groups is 1. The summed E-state index contributed by atoms with van der Waals surface area (Å²) >= 11 is 0. The highest BCUT2D eigenvalue weighted by molar-refractivity contribution is 5.99. The molecule has 3 heterocycles. The molecule has 2 aromatic heterocycles. The van der Waals surface area contributed by atoms with E-state index in [1.807, 2.05) is 18.0 Å². The van der Waals surface area contributed by atoms with Gasteiger partial charge >= 0.3 is 18.1 Å². The van der Waals surface area contributed by atoms with Crippen molar-refractivity contribution < 1.29 is 32.3 Å². The average Bonchev–Trinajstić information content (AvgIpc) is 3.17. The third-order valence-corrected chi connectivity index (χ3v) is 4.95. The van der Waals surface area contributed by atoms with Crippen LogP contribution in [0.25, 0.3) is 0 Å². The van der Waals surface area contributed by atoms with E-state index in [1.54, 1.807) is 18.3 Å². The second-order valence-corrected chi connectivity index (χ2v) is 7.80. The molecule has 1 fully saturated rings. The van der Waals surface area contributed by atoms with Gasteiger partial charge in [0.25, 0.3) is 6.20 Å². The van der Waals surface area contributed by atoms with E-state index in [4.69, 9.17) is 4.52 Å². The van der Waals surface area contributed by atoms with Crippen molar-refractivity contribution in [3.05, 3.63) is 60.0 Å². The minimum absolute atomic E-state index is 0.0328. The Morgan fingerprint density at radius 1 is 1.29 bits per heavy atom. The number of alkyl halides is 3. The van der Waals surface area contributed by atoms with Crippen molar-refractivity contribution in [1.29, 1.82) is 0 Å². The largest absolute Gasteiger partial charge is 0.861 e. The van der Waals surface area contributed by atoms with Crippen LogP contribution in [-0.2, 0) is 12.7 Å². The van der Waals surface area contributed by atoms with Gasteiger partial charge in [0.2, 0.25) is 11.8 Å². The zero-order valence-electron chi connectivity index (χ0n) is 17.9. The fourth-order valence-corrected chi connectivity index (χ4v) is 3.33. The summed E-state index contributed by atoms with van der Waals surface area (Å²) < 4.78 is 46.4. The number of nitrogens with zero attached hydrogens (tertiary/aromatic N) is 5. The van der Waals surface area contributed by atoms with Crippen molar-refractivity contribution >= 4 is 29.2 Å². The first-order chi connectivity index (χ1) is 16.2. The highest BCUT2D eigenvalue weighted by Crippen LogP contribution is 2.34. The Bertz CT molecular complexity index is 1190. The molecule has 0 atom stereocenters. The third kappa shape index (κ3) is 5.86. The van der Waals surface area contributed by atoms with E-state index in [9.17, 15) is 23.1 Å². The number of amides is 2. The SMILES string of the molecule is CN1CC(C([O-])=Nc2cc(NC(=O)Nc3c[n+](Cc4ccccn4)no3)cc(C(F)(F)F)c2)C1. The van der Waals surface area contributed by atoms with Crippen LogP contribution in [0.3, 0.4) is 0 Å². The lowest BCUT2D eigenvalue weighted by Crippen LogP contribution is -2.51. The number of aromatic nitrogens is 3. The van der Waals surface area contributed by atoms with Crippen molar-refractivity contribution in [2.24, 2.45) is 10.9 Å². The standard InChI is InChI=1S/C21H20F3N7O3/c1-30-9-13(10-30)19(32)26-16-6-14(21(22,23)24)7-17(8-16)27-20(33)28-18-12-31(29-34-18)11-15-4-2-3-5-25-15/h2-8,12-13H,9-11H2,1H3,(H2-,26,27,28,29,32,33). The minimum atomic E-state index is -4.69. The summed E-state index contributed by atoms with van der Waals surface area (Å²) in [5, 5.41) is 20.6. The number of rotatable bonds is 6. The monoisotopic (exact) mass is 475 g/mol. The van der Waals surface area contributed by atoms with Crippen LogP contribution in [-0.4, -0.2) is 47.2 Å². The molecule has 0 bridgehead atoms. The second kappa shape index (κ2) is 9.47. The van der Waals surface area contributed by atoms with Gasteiger partial charge in [-0.1, -0.05) is 6.07 Å². The molecule has 0 unspecified atom stereocenters. The summed E-state index contributed by atoms with van der Waals surface area (Å²) in [6.07, 6.45) is -1.67. The van der Waals surface area contributed by atoms with Crippen LogP contribution in [0.15, 0.2) is 58.3 Å². The first kappa shape index (κ1) is 23.2. The molecule has 2 amide bonds. The van der Waals surface area contributed by atoms with Gasteiger partial charge in [-0.15, -0.1) is 0 Å². The topological polar surface area (TPSA) is 123 Å². The fraction of sp³-hybridized carbons (Fsp3) is 0.286. The Hall–Kier alpha value is -4.00. The molecule has 13 heteroatoms. The van der Waals surface area contributed by atoms with E-state index in [2.05, 4.69) is 25.9 Å². The maximum absolute atomic E-state index is 13.3. The normalized spacial score (nSPS) is 15.1. The Balaban J connectivity index is 1.46. The fourth-order valence-electron chi connectivity index (χ4n) is 3.33. The predicted molar refractivity (Wildman–Crippen MR) is 112 cm³/mol. The van der Waals surface area contributed by atoms with Gasteiger partial charge in [-0.25, -0.2) is 4.79 Å². The van der Waals surface area contributed by atoms with Gasteiger partial charge in [0.1, 0.15) is 5.69 Å². The number of hydrogen-bond acceptors (Lipinski definition) is 7. The van der Waals surface area contributed by atoms with Gasteiger partial charge in [0, 0.05) is 30.9 Å². The van der Waals surface area contributed by atoms with E-state index < -0.39 is 23.7 Å². The van der Waals surface area contributed by atoms with Crippen LogP contribution in [0.5, 0.6) is 0 Å². The van der Waals surface area contributed by atoms with Gasteiger partial charge in [-0.3, -0.25) is 19.8 Å². The van der Waals surface area contributed by atoms with Gasteiger partial charge in [-0.05, 0) is 48.0 Å². The molecule has 3 aromatic rings. The van der Waals surface area contributed by atoms with Crippen molar-refractivity contribution in [3.8, 4) is 0 Å².